The number of thiophene rings is 1. The molecule has 280 valence electrons. The average Bonchev–Trinajstić information content (AvgIpc) is 3.89. The molecule has 4 nitrogen and oxygen atoms in total. The van der Waals surface area contributed by atoms with Gasteiger partial charge in [0.25, 0.3) is 0 Å². The molecule has 0 amide bonds. The number of benzene rings is 9. The highest BCUT2D eigenvalue weighted by atomic mass is 32.1. The van der Waals surface area contributed by atoms with E-state index in [4.69, 9.17) is 19.4 Å². The molecular formula is C55H33N3OS. The Balaban J connectivity index is 1.09. The molecule has 0 aliphatic carbocycles. The van der Waals surface area contributed by atoms with Gasteiger partial charge in [0, 0.05) is 47.6 Å². The topological polar surface area (TPSA) is 51.8 Å². The highest BCUT2D eigenvalue weighted by molar-refractivity contribution is 7.26. The van der Waals surface area contributed by atoms with E-state index in [1.165, 1.54) is 26.6 Å². The Morgan fingerprint density at radius 1 is 0.350 bits per heavy atom. The van der Waals surface area contributed by atoms with Crippen LogP contribution in [-0.2, 0) is 0 Å². The molecule has 0 fully saturated rings. The Labute approximate surface area is 349 Å². The van der Waals surface area contributed by atoms with Crippen LogP contribution in [0, 0.1) is 0 Å². The van der Waals surface area contributed by atoms with Crippen LogP contribution in [0.1, 0.15) is 0 Å². The fraction of sp³-hybridized carbons (Fsp3) is 0. The molecule has 3 heterocycles. The summed E-state index contributed by atoms with van der Waals surface area (Å²) in [4.78, 5) is 16.0. The fourth-order valence-corrected chi connectivity index (χ4v) is 9.81. The molecule has 0 saturated heterocycles. The maximum absolute atomic E-state index is 6.68. The van der Waals surface area contributed by atoms with Crippen LogP contribution in [0.2, 0.25) is 0 Å². The van der Waals surface area contributed by atoms with E-state index in [-0.39, 0.29) is 0 Å². The minimum absolute atomic E-state index is 0.592. The van der Waals surface area contributed by atoms with Gasteiger partial charge in [0.05, 0.1) is 0 Å². The Morgan fingerprint density at radius 2 is 0.917 bits per heavy atom. The molecule has 0 N–H and O–H groups in total. The summed E-state index contributed by atoms with van der Waals surface area (Å²) in [5.74, 6) is 1.84. The van der Waals surface area contributed by atoms with Crippen molar-refractivity contribution in [3.05, 3.63) is 200 Å². The van der Waals surface area contributed by atoms with Gasteiger partial charge in [0.15, 0.2) is 17.5 Å². The molecule has 60 heavy (non-hydrogen) atoms. The van der Waals surface area contributed by atoms with Crippen molar-refractivity contribution in [2.45, 2.75) is 0 Å². The molecule has 0 aliphatic rings. The van der Waals surface area contributed by atoms with E-state index in [1.54, 1.807) is 11.3 Å². The van der Waals surface area contributed by atoms with Crippen molar-refractivity contribution in [2.75, 3.05) is 0 Å². The van der Waals surface area contributed by atoms with Crippen LogP contribution in [-0.4, -0.2) is 15.0 Å². The maximum Gasteiger partial charge on any atom is 0.165 e. The molecule has 0 saturated carbocycles. The number of fused-ring (bicyclic) bond motifs is 7. The Morgan fingerprint density at radius 3 is 1.65 bits per heavy atom. The summed E-state index contributed by atoms with van der Waals surface area (Å²) in [5.41, 5.74) is 11.2. The van der Waals surface area contributed by atoms with Crippen molar-refractivity contribution in [3.8, 4) is 67.5 Å². The summed E-state index contributed by atoms with van der Waals surface area (Å²) in [7, 11) is 0. The van der Waals surface area contributed by atoms with Crippen LogP contribution in [0.3, 0.4) is 0 Å². The second-order valence-electron chi connectivity index (χ2n) is 15.1. The van der Waals surface area contributed by atoms with Crippen molar-refractivity contribution in [1.29, 1.82) is 0 Å². The lowest BCUT2D eigenvalue weighted by Crippen LogP contribution is -2.01. The zero-order valence-electron chi connectivity index (χ0n) is 32.2. The summed E-state index contributed by atoms with van der Waals surface area (Å²) in [6.07, 6.45) is 0. The number of hydrogen-bond donors (Lipinski definition) is 0. The molecule has 0 spiro atoms. The normalized spacial score (nSPS) is 11.7. The van der Waals surface area contributed by atoms with E-state index >= 15 is 0 Å². The van der Waals surface area contributed by atoms with Gasteiger partial charge in [-0.05, 0) is 80.6 Å². The third-order valence-electron chi connectivity index (χ3n) is 11.6. The first kappa shape index (κ1) is 34.3. The van der Waals surface area contributed by atoms with E-state index in [1.807, 2.05) is 18.2 Å². The average molecular weight is 784 g/mol. The molecule has 12 rings (SSSR count). The standard InChI is InChI=1S/C55H33N3OS/c1-3-12-34(13-4-1)35-22-24-36(25-23-35)37-26-28-38(29-27-37)42-30-31-47-50(46-32-40-16-7-8-17-41(40)33-48(46)59-47)51(42)55-57-53(39-14-5-2-6-15-39)56-54(58-55)45-20-11-19-44-43-18-9-10-21-49(43)60-52(44)45/h1-33H. The molecule has 5 heteroatoms. The van der Waals surface area contributed by atoms with E-state index in [0.717, 1.165) is 76.4 Å². The molecule has 0 aliphatic heterocycles. The fourth-order valence-electron chi connectivity index (χ4n) is 8.60. The van der Waals surface area contributed by atoms with Crippen LogP contribution >= 0.6 is 11.3 Å². The molecule has 0 bridgehead atoms. The van der Waals surface area contributed by atoms with Gasteiger partial charge < -0.3 is 4.42 Å². The third kappa shape index (κ3) is 5.78. The van der Waals surface area contributed by atoms with E-state index in [2.05, 4.69) is 182 Å². The van der Waals surface area contributed by atoms with Crippen molar-refractivity contribution >= 4 is 64.2 Å². The summed E-state index contributed by atoms with van der Waals surface area (Å²) in [5, 5.41) is 6.70. The molecular weight excluding hydrogens is 751 g/mol. The van der Waals surface area contributed by atoms with Crippen LogP contribution in [0.4, 0.5) is 0 Å². The largest absolute Gasteiger partial charge is 0.456 e. The van der Waals surface area contributed by atoms with Crippen LogP contribution in [0.15, 0.2) is 205 Å². The lowest BCUT2D eigenvalue weighted by molar-refractivity contribution is 0.669. The lowest BCUT2D eigenvalue weighted by Gasteiger charge is -2.14. The van der Waals surface area contributed by atoms with E-state index < -0.39 is 0 Å². The molecule has 3 aromatic heterocycles. The second-order valence-corrected chi connectivity index (χ2v) is 16.2. The van der Waals surface area contributed by atoms with Gasteiger partial charge in [-0.1, -0.05) is 164 Å². The SMILES string of the molecule is c1ccc(-c2ccc(-c3ccc(-c4ccc5oc6cc7ccccc7cc6c5c4-c4nc(-c5ccccc5)nc(-c5cccc6c5sc5ccccc56)n4)cc3)cc2)cc1. The van der Waals surface area contributed by atoms with Gasteiger partial charge in [-0.15, -0.1) is 11.3 Å². The summed E-state index contributed by atoms with van der Waals surface area (Å²) in [6, 6.07) is 70.4. The molecule has 9 aromatic carbocycles. The first-order chi connectivity index (χ1) is 29.7. The number of aromatic nitrogens is 3. The van der Waals surface area contributed by atoms with Gasteiger partial charge >= 0.3 is 0 Å². The number of nitrogens with zero attached hydrogens (tertiary/aromatic N) is 3. The molecule has 0 radical (unpaired) electrons. The lowest BCUT2D eigenvalue weighted by atomic mass is 9.92. The summed E-state index contributed by atoms with van der Waals surface area (Å²) >= 11 is 1.78. The van der Waals surface area contributed by atoms with Crippen molar-refractivity contribution in [1.82, 2.24) is 15.0 Å². The van der Waals surface area contributed by atoms with E-state index in [0.29, 0.717) is 17.5 Å². The van der Waals surface area contributed by atoms with Crippen LogP contribution in [0.5, 0.6) is 0 Å². The number of hydrogen-bond acceptors (Lipinski definition) is 5. The quantitative estimate of drug-likeness (QED) is 0.169. The first-order valence-corrected chi connectivity index (χ1v) is 20.9. The van der Waals surface area contributed by atoms with Gasteiger partial charge in [0.2, 0.25) is 0 Å². The molecule has 0 unspecified atom stereocenters. The summed E-state index contributed by atoms with van der Waals surface area (Å²) in [6.45, 7) is 0. The Hall–Kier alpha value is -7.73. The highest BCUT2D eigenvalue weighted by Gasteiger charge is 2.23. The summed E-state index contributed by atoms with van der Waals surface area (Å²) < 4.78 is 9.07. The van der Waals surface area contributed by atoms with Gasteiger partial charge in [-0.2, -0.15) is 0 Å². The second kappa shape index (κ2) is 14.0. The number of furan rings is 1. The van der Waals surface area contributed by atoms with Gasteiger partial charge in [-0.25, -0.2) is 15.0 Å². The highest BCUT2D eigenvalue weighted by Crippen LogP contribution is 2.45. The van der Waals surface area contributed by atoms with Crippen LogP contribution in [0.25, 0.3) is 120 Å². The maximum atomic E-state index is 6.68. The van der Waals surface area contributed by atoms with Crippen molar-refractivity contribution < 1.29 is 4.42 Å². The van der Waals surface area contributed by atoms with Gasteiger partial charge in [-0.3, -0.25) is 0 Å². The minimum atomic E-state index is 0.592. The third-order valence-corrected chi connectivity index (χ3v) is 12.8. The zero-order chi connectivity index (χ0) is 39.6. The van der Waals surface area contributed by atoms with E-state index in [9.17, 15) is 0 Å². The van der Waals surface area contributed by atoms with Crippen molar-refractivity contribution in [2.24, 2.45) is 0 Å². The predicted octanol–water partition coefficient (Wildman–Crippen LogP) is 15.3. The number of rotatable bonds is 6. The Bertz CT molecular complexity index is 3570. The monoisotopic (exact) mass is 783 g/mol. The first-order valence-electron chi connectivity index (χ1n) is 20.1. The van der Waals surface area contributed by atoms with Crippen LogP contribution < -0.4 is 0 Å². The zero-order valence-corrected chi connectivity index (χ0v) is 33.0. The van der Waals surface area contributed by atoms with Gasteiger partial charge in [0.1, 0.15) is 11.2 Å². The smallest absolute Gasteiger partial charge is 0.165 e. The molecule has 0 atom stereocenters. The van der Waals surface area contributed by atoms with Crippen molar-refractivity contribution in [3.63, 3.8) is 0 Å². The minimum Gasteiger partial charge on any atom is -0.456 e. The predicted molar refractivity (Wildman–Crippen MR) is 250 cm³/mol. The molecule has 12 aromatic rings. The Kier molecular flexibility index (Phi) is 8.00.